The normalized spacial score (nSPS) is 15.9. The number of nitrogens with zero attached hydrogens (tertiary/aromatic N) is 4. The van der Waals surface area contributed by atoms with Gasteiger partial charge in [0.25, 0.3) is 5.69 Å². The minimum Gasteiger partial charge on any atom is -0.293 e. The molecule has 0 saturated carbocycles. The molecular formula is C18H18N4O4S. The molecule has 0 atom stereocenters. The zero-order chi connectivity index (χ0) is 19.0. The van der Waals surface area contributed by atoms with Gasteiger partial charge in [0.2, 0.25) is 10.0 Å². The summed E-state index contributed by atoms with van der Waals surface area (Å²) >= 11 is 0. The van der Waals surface area contributed by atoms with Crippen LogP contribution in [-0.4, -0.2) is 40.3 Å². The number of sulfonamides is 1. The number of para-hydroxylation sites is 2. The number of aromatic nitrogens is 2. The first-order valence-corrected chi connectivity index (χ1v) is 10.1. The Kier molecular flexibility index (Phi) is 4.40. The lowest BCUT2D eigenvalue weighted by molar-refractivity contribution is -0.384. The van der Waals surface area contributed by atoms with Crippen LogP contribution in [0.2, 0.25) is 0 Å². The Hall–Kier alpha value is -2.78. The summed E-state index contributed by atoms with van der Waals surface area (Å²) in [4.78, 5) is 15.3. The van der Waals surface area contributed by atoms with Crippen LogP contribution in [0.25, 0.3) is 16.7 Å². The highest BCUT2D eigenvalue weighted by Crippen LogP contribution is 2.30. The van der Waals surface area contributed by atoms with E-state index < -0.39 is 14.9 Å². The molecule has 0 bridgehead atoms. The van der Waals surface area contributed by atoms with E-state index in [1.807, 2.05) is 24.3 Å². The standard InChI is InChI=1S/C18H18N4O4S/c23-22(24)18-12-14(27(25,26)20-10-4-1-5-11-20)8-9-17(18)21-13-19-15-6-2-3-7-16(15)21/h2-3,6-9,12-13H,1,4-5,10-11H2. The van der Waals surface area contributed by atoms with Crippen molar-refractivity contribution < 1.29 is 13.3 Å². The van der Waals surface area contributed by atoms with Gasteiger partial charge in [-0.3, -0.25) is 14.7 Å². The highest BCUT2D eigenvalue weighted by molar-refractivity contribution is 7.89. The molecule has 0 spiro atoms. The molecule has 27 heavy (non-hydrogen) atoms. The van der Waals surface area contributed by atoms with Gasteiger partial charge in [0.15, 0.2) is 0 Å². The summed E-state index contributed by atoms with van der Waals surface area (Å²) < 4.78 is 28.7. The number of nitro groups is 1. The number of rotatable bonds is 4. The van der Waals surface area contributed by atoms with E-state index in [1.54, 1.807) is 4.57 Å². The summed E-state index contributed by atoms with van der Waals surface area (Å²) in [5.41, 5.74) is 1.44. The van der Waals surface area contributed by atoms with Crippen LogP contribution in [0.15, 0.2) is 53.7 Å². The van der Waals surface area contributed by atoms with Crippen LogP contribution in [0.4, 0.5) is 5.69 Å². The number of piperidine rings is 1. The zero-order valence-corrected chi connectivity index (χ0v) is 15.3. The lowest BCUT2D eigenvalue weighted by Gasteiger charge is -2.25. The van der Waals surface area contributed by atoms with Gasteiger partial charge in [0.05, 0.1) is 20.9 Å². The minimum absolute atomic E-state index is 0.0516. The second kappa shape index (κ2) is 6.75. The van der Waals surface area contributed by atoms with E-state index in [9.17, 15) is 18.5 Å². The topological polar surface area (TPSA) is 98.3 Å². The third kappa shape index (κ3) is 3.08. The van der Waals surface area contributed by atoms with Crippen LogP contribution in [0.5, 0.6) is 0 Å². The molecule has 2 heterocycles. The first kappa shape index (κ1) is 17.6. The molecule has 2 aromatic carbocycles. The van der Waals surface area contributed by atoms with E-state index in [0.29, 0.717) is 24.1 Å². The Balaban J connectivity index is 1.83. The first-order valence-electron chi connectivity index (χ1n) is 8.69. The van der Waals surface area contributed by atoms with Crippen molar-refractivity contribution in [2.45, 2.75) is 24.2 Å². The SMILES string of the molecule is O=[N+]([O-])c1cc(S(=O)(=O)N2CCCCC2)ccc1-n1cnc2ccccc21. The van der Waals surface area contributed by atoms with E-state index >= 15 is 0 Å². The molecule has 9 heteroatoms. The number of nitro benzene ring substituents is 1. The molecular weight excluding hydrogens is 368 g/mol. The van der Waals surface area contributed by atoms with Gasteiger partial charge in [-0.15, -0.1) is 0 Å². The van der Waals surface area contributed by atoms with Crippen LogP contribution in [-0.2, 0) is 10.0 Å². The number of benzene rings is 2. The van der Waals surface area contributed by atoms with Crippen LogP contribution in [0.1, 0.15) is 19.3 Å². The van der Waals surface area contributed by atoms with Gasteiger partial charge in [0, 0.05) is 19.2 Å². The Labute approximate surface area is 156 Å². The molecule has 1 aromatic heterocycles. The highest BCUT2D eigenvalue weighted by Gasteiger charge is 2.29. The predicted molar refractivity (Wildman–Crippen MR) is 100 cm³/mol. The van der Waals surface area contributed by atoms with Crippen molar-refractivity contribution in [3.8, 4) is 5.69 Å². The molecule has 8 nitrogen and oxygen atoms in total. The maximum absolute atomic E-state index is 12.9. The fourth-order valence-electron chi connectivity index (χ4n) is 3.42. The average molecular weight is 386 g/mol. The summed E-state index contributed by atoms with van der Waals surface area (Å²) in [5, 5.41) is 11.7. The molecule has 4 rings (SSSR count). The van der Waals surface area contributed by atoms with E-state index in [1.165, 1.54) is 22.8 Å². The van der Waals surface area contributed by atoms with Gasteiger partial charge in [0.1, 0.15) is 12.0 Å². The molecule has 0 aliphatic carbocycles. The van der Waals surface area contributed by atoms with Gasteiger partial charge in [-0.2, -0.15) is 4.31 Å². The molecule has 1 aliphatic rings. The van der Waals surface area contributed by atoms with Gasteiger partial charge >= 0.3 is 0 Å². The van der Waals surface area contributed by atoms with Crippen LogP contribution in [0.3, 0.4) is 0 Å². The van der Waals surface area contributed by atoms with E-state index in [2.05, 4.69) is 4.98 Å². The maximum atomic E-state index is 12.9. The Morgan fingerprint density at radius 1 is 1.04 bits per heavy atom. The van der Waals surface area contributed by atoms with Crippen LogP contribution in [0, 0.1) is 10.1 Å². The largest absolute Gasteiger partial charge is 0.294 e. The van der Waals surface area contributed by atoms with Gasteiger partial charge in [-0.1, -0.05) is 18.6 Å². The summed E-state index contributed by atoms with van der Waals surface area (Å²) in [7, 11) is -3.74. The first-order chi connectivity index (χ1) is 13.0. The number of hydrogen-bond donors (Lipinski definition) is 0. The average Bonchev–Trinajstić information content (AvgIpc) is 3.12. The van der Waals surface area contributed by atoms with E-state index in [0.717, 1.165) is 25.3 Å². The molecule has 0 N–H and O–H groups in total. The summed E-state index contributed by atoms with van der Waals surface area (Å²) in [6.45, 7) is 0.897. The molecule has 3 aromatic rings. The molecule has 0 amide bonds. The maximum Gasteiger partial charge on any atom is 0.294 e. The second-order valence-electron chi connectivity index (χ2n) is 6.48. The number of fused-ring (bicyclic) bond motifs is 1. The molecule has 1 saturated heterocycles. The smallest absolute Gasteiger partial charge is 0.293 e. The van der Waals surface area contributed by atoms with Crippen molar-refractivity contribution in [3.63, 3.8) is 0 Å². The van der Waals surface area contributed by atoms with Crippen LogP contribution < -0.4 is 0 Å². The highest BCUT2D eigenvalue weighted by atomic mass is 32.2. The van der Waals surface area contributed by atoms with Gasteiger partial charge in [-0.05, 0) is 37.1 Å². The third-order valence-electron chi connectivity index (χ3n) is 4.81. The summed E-state index contributed by atoms with van der Waals surface area (Å²) in [5.74, 6) is 0. The lowest BCUT2D eigenvalue weighted by atomic mass is 10.2. The van der Waals surface area contributed by atoms with Crippen molar-refractivity contribution in [1.82, 2.24) is 13.9 Å². The number of hydrogen-bond acceptors (Lipinski definition) is 5. The lowest BCUT2D eigenvalue weighted by Crippen LogP contribution is -2.35. The van der Waals surface area contributed by atoms with E-state index in [4.69, 9.17) is 0 Å². The molecule has 0 unspecified atom stereocenters. The monoisotopic (exact) mass is 386 g/mol. The molecule has 0 radical (unpaired) electrons. The quantitative estimate of drug-likeness (QED) is 0.507. The van der Waals surface area contributed by atoms with Crippen molar-refractivity contribution in [2.75, 3.05) is 13.1 Å². The predicted octanol–water partition coefficient (Wildman–Crippen LogP) is 3.11. The molecule has 1 aliphatic heterocycles. The zero-order valence-electron chi connectivity index (χ0n) is 14.5. The van der Waals surface area contributed by atoms with Crippen molar-refractivity contribution in [2.24, 2.45) is 0 Å². The number of imidazole rings is 1. The van der Waals surface area contributed by atoms with Crippen molar-refractivity contribution in [3.05, 3.63) is 58.9 Å². The summed E-state index contributed by atoms with van der Waals surface area (Å²) in [6, 6.07) is 11.3. The Morgan fingerprint density at radius 2 is 1.78 bits per heavy atom. The Bertz CT molecular complexity index is 1120. The third-order valence-corrected chi connectivity index (χ3v) is 6.70. The fourth-order valence-corrected chi connectivity index (χ4v) is 4.96. The summed E-state index contributed by atoms with van der Waals surface area (Å²) in [6.07, 6.45) is 4.12. The van der Waals surface area contributed by atoms with Crippen molar-refractivity contribution >= 4 is 26.7 Å². The van der Waals surface area contributed by atoms with Gasteiger partial charge < -0.3 is 0 Å². The van der Waals surface area contributed by atoms with Crippen LogP contribution >= 0.6 is 0 Å². The fraction of sp³-hybridized carbons (Fsp3) is 0.278. The molecule has 140 valence electrons. The minimum atomic E-state index is -3.74. The Morgan fingerprint density at radius 3 is 2.52 bits per heavy atom. The van der Waals surface area contributed by atoms with E-state index in [-0.39, 0.29) is 16.3 Å². The van der Waals surface area contributed by atoms with Gasteiger partial charge in [-0.25, -0.2) is 13.4 Å². The second-order valence-corrected chi connectivity index (χ2v) is 8.41. The molecule has 1 fully saturated rings. The van der Waals surface area contributed by atoms with Crippen molar-refractivity contribution in [1.29, 1.82) is 0 Å².